The highest BCUT2D eigenvalue weighted by Crippen LogP contribution is 2.21. The van der Waals surface area contributed by atoms with Crippen LogP contribution in [-0.4, -0.2) is 26.2 Å². The number of ether oxygens (including phenoxy) is 2. The first kappa shape index (κ1) is 12.5. The van der Waals surface area contributed by atoms with Gasteiger partial charge in [0.15, 0.2) is 0 Å². The van der Waals surface area contributed by atoms with E-state index in [1.807, 2.05) is 0 Å². The van der Waals surface area contributed by atoms with Crippen LogP contribution >= 0.6 is 11.6 Å². The number of methoxy groups -OCH3 is 2. The Morgan fingerprint density at radius 3 is 2.50 bits per heavy atom. The number of benzene rings is 1. The van der Waals surface area contributed by atoms with Crippen LogP contribution in [0, 0.1) is 0 Å². The molecule has 0 saturated heterocycles. The van der Waals surface area contributed by atoms with Gasteiger partial charge >= 0.3 is 11.9 Å². The molecular formula is C11H11ClO4. The molecule has 0 aliphatic rings. The van der Waals surface area contributed by atoms with Crippen LogP contribution in [0.1, 0.15) is 15.9 Å². The third kappa shape index (κ3) is 2.73. The van der Waals surface area contributed by atoms with Gasteiger partial charge < -0.3 is 9.47 Å². The minimum absolute atomic E-state index is 0.0124. The van der Waals surface area contributed by atoms with E-state index in [-0.39, 0.29) is 17.0 Å². The van der Waals surface area contributed by atoms with E-state index in [2.05, 4.69) is 9.47 Å². The molecule has 0 spiro atoms. The van der Waals surface area contributed by atoms with E-state index in [1.54, 1.807) is 18.2 Å². The lowest BCUT2D eigenvalue weighted by molar-refractivity contribution is -0.139. The number of carbonyl (C=O) groups excluding carboxylic acids is 2. The Balaban J connectivity index is 3.12. The van der Waals surface area contributed by atoms with Crippen molar-refractivity contribution in [2.75, 3.05) is 14.2 Å². The molecule has 0 atom stereocenters. The lowest BCUT2D eigenvalue weighted by Gasteiger charge is -2.08. The summed E-state index contributed by atoms with van der Waals surface area (Å²) in [5.74, 6) is -1.00. The van der Waals surface area contributed by atoms with Gasteiger partial charge in [-0.2, -0.15) is 0 Å². The van der Waals surface area contributed by atoms with Crippen molar-refractivity contribution in [2.45, 2.75) is 6.42 Å². The van der Waals surface area contributed by atoms with E-state index < -0.39 is 11.9 Å². The summed E-state index contributed by atoms with van der Waals surface area (Å²) in [6.07, 6.45) is -0.0124. The SMILES string of the molecule is COC(=O)Cc1cccc(Cl)c1C(=O)OC. The van der Waals surface area contributed by atoms with Gasteiger partial charge in [-0.05, 0) is 11.6 Å². The molecule has 0 radical (unpaired) electrons. The summed E-state index contributed by atoms with van der Waals surface area (Å²) in [5.41, 5.74) is 0.697. The third-order valence-corrected chi connectivity index (χ3v) is 2.37. The van der Waals surface area contributed by atoms with Crippen LogP contribution in [0.25, 0.3) is 0 Å². The normalized spacial score (nSPS) is 9.69. The molecule has 0 amide bonds. The van der Waals surface area contributed by atoms with Gasteiger partial charge in [-0.25, -0.2) is 4.79 Å². The molecule has 16 heavy (non-hydrogen) atoms. The molecule has 5 heteroatoms. The molecule has 1 aromatic carbocycles. The smallest absolute Gasteiger partial charge is 0.339 e. The number of hydrogen-bond donors (Lipinski definition) is 0. The van der Waals surface area contributed by atoms with Crippen molar-refractivity contribution >= 4 is 23.5 Å². The van der Waals surface area contributed by atoms with Crippen LogP contribution < -0.4 is 0 Å². The second-order valence-corrected chi connectivity index (χ2v) is 3.43. The summed E-state index contributed by atoms with van der Waals surface area (Å²) in [7, 11) is 2.54. The molecule has 0 fully saturated rings. The Morgan fingerprint density at radius 1 is 1.25 bits per heavy atom. The largest absolute Gasteiger partial charge is 0.469 e. The molecule has 86 valence electrons. The Labute approximate surface area is 98.1 Å². The van der Waals surface area contributed by atoms with E-state index >= 15 is 0 Å². The number of carbonyl (C=O) groups is 2. The molecule has 0 unspecified atom stereocenters. The quantitative estimate of drug-likeness (QED) is 0.759. The zero-order valence-corrected chi connectivity index (χ0v) is 9.71. The molecule has 4 nitrogen and oxygen atoms in total. The minimum Gasteiger partial charge on any atom is -0.469 e. The Morgan fingerprint density at radius 2 is 1.94 bits per heavy atom. The van der Waals surface area contributed by atoms with Crippen molar-refractivity contribution in [3.8, 4) is 0 Å². The molecule has 0 aromatic heterocycles. The Hall–Kier alpha value is -1.55. The maximum Gasteiger partial charge on any atom is 0.339 e. The van der Waals surface area contributed by atoms with E-state index in [0.29, 0.717) is 5.56 Å². The average Bonchev–Trinajstić information content (AvgIpc) is 2.28. The molecular weight excluding hydrogens is 232 g/mol. The van der Waals surface area contributed by atoms with Crippen molar-refractivity contribution in [1.29, 1.82) is 0 Å². The van der Waals surface area contributed by atoms with Crippen molar-refractivity contribution in [2.24, 2.45) is 0 Å². The lowest BCUT2D eigenvalue weighted by Crippen LogP contribution is -2.11. The Bertz CT molecular complexity index is 414. The molecule has 0 N–H and O–H groups in total. The number of hydrogen-bond acceptors (Lipinski definition) is 4. The highest BCUT2D eigenvalue weighted by Gasteiger charge is 2.17. The van der Waals surface area contributed by atoms with E-state index in [9.17, 15) is 9.59 Å². The zero-order valence-electron chi connectivity index (χ0n) is 8.95. The number of rotatable bonds is 3. The monoisotopic (exact) mass is 242 g/mol. The summed E-state index contributed by atoms with van der Waals surface area (Å²) < 4.78 is 9.13. The summed E-state index contributed by atoms with van der Waals surface area (Å²) in [5, 5.41) is 0.258. The van der Waals surface area contributed by atoms with Gasteiger partial charge in [0, 0.05) is 0 Å². The zero-order chi connectivity index (χ0) is 12.1. The fourth-order valence-corrected chi connectivity index (χ4v) is 1.55. The molecule has 0 aliphatic heterocycles. The summed E-state index contributed by atoms with van der Waals surface area (Å²) in [6, 6.07) is 4.86. The van der Waals surface area contributed by atoms with Gasteiger partial charge in [-0.1, -0.05) is 23.7 Å². The first-order valence-electron chi connectivity index (χ1n) is 4.52. The molecule has 0 saturated carbocycles. The highest BCUT2D eigenvalue weighted by atomic mass is 35.5. The van der Waals surface area contributed by atoms with Crippen molar-refractivity contribution in [1.82, 2.24) is 0 Å². The predicted octanol–water partition coefficient (Wildman–Crippen LogP) is 1.84. The fourth-order valence-electron chi connectivity index (χ4n) is 1.27. The summed E-state index contributed by atoms with van der Waals surface area (Å²) in [4.78, 5) is 22.6. The standard InChI is InChI=1S/C11H11ClO4/c1-15-9(13)6-7-4-3-5-8(12)10(7)11(14)16-2/h3-5H,6H2,1-2H3. The van der Waals surface area contributed by atoms with E-state index in [1.165, 1.54) is 14.2 Å². The Kier molecular flexibility index (Phi) is 4.31. The molecule has 0 bridgehead atoms. The van der Waals surface area contributed by atoms with Crippen LogP contribution in [-0.2, 0) is 20.7 Å². The lowest BCUT2D eigenvalue weighted by atomic mass is 10.0. The molecule has 0 aliphatic carbocycles. The van der Waals surface area contributed by atoms with Crippen LogP contribution in [0.5, 0.6) is 0 Å². The van der Waals surface area contributed by atoms with Crippen LogP contribution in [0.4, 0.5) is 0 Å². The first-order valence-corrected chi connectivity index (χ1v) is 4.90. The maximum absolute atomic E-state index is 11.5. The fraction of sp³-hybridized carbons (Fsp3) is 0.273. The van der Waals surface area contributed by atoms with Gasteiger partial charge in [0.1, 0.15) is 0 Å². The maximum atomic E-state index is 11.5. The van der Waals surface area contributed by atoms with Crippen LogP contribution in [0.2, 0.25) is 5.02 Å². The molecule has 1 rings (SSSR count). The van der Waals surface area contributed by atoms with Crippen molar-refractivity contribution < 1.29 is 19.1 Å². The van der Waals surface area contributed by atoms with E-state index in [0.717, 1.165) is 0 Å². The van der Waals surface area contributed by atoms with Crippen molar-refractivity contribution in [3.05, 3.63) is 34.3 Å². The van der Waals surface area contributed by atoms with Gasteiger partial charge in [0.05, 0.1) is 31.2 Å². The van der Waals surface area contributed by atoms with Crippen LogP contribution in [0.3, 0.4) is 0 Å². The topological polar surface area (TPSA) is 52.6 Å². The number of halogens is 1. The number of esters is 2. The average molecular weight is 243 g/mol. The highest BCUT2D eigenvalue weighted by molar-refractivity contribution is 6.33. The van der Waals surface area contributed by atoms with Crippen molar-refractivity contribution in [3.63, 3.8) is 0 Å². The predicted molar refractivity (Wildman–Crippen MR) is 58.5 cm³/mol. The van der Waals surface area contributed by atoms with Gasteiger partial charge in [0.2, 0.25) is 0 Å². The van der Waals surface area contributed by atoms with Crippen LogP contribution in [0.15, 0.2) is 18.2 Å². The molecule has 0 heterocycles. The van der Waals surface area contributed by atoms with Gasteiger partial charge in [0.25, 0.3) is 0 Å². The van der Waals surface area contributed by atoms with E-state index in [4.69, 9.17) is 11.6 Å². The second kappa shape index (κ2) is 5.51. The van der Waals surface area contributed by atoms with Gasteiger partial charge in [-0.15, -0.1) is 0 Å². The van der Waals surface area contributed by atoms with Gasteiger partial charge in [-0.3, -0.25) is 4.79 Å². The summed E-state index contributed by atoms with van der Waals surface area (Å²) in [6.45, 7) is 0. The third-order valence-electron chi connectivity index (χ3n) is 2.05. The minimum atomic E-state index is -0.565. The summed E-state index contributed by atoms with van der Waals surface area (Å²) >= 11 is 5.88. The molecule has 1 aromatic rings. The second-order valence-electron chi connectivity index (χ2n) is 3.02. The first-order chi connectivity index (χ1) is 7.60.